The van der Waals surface area contributed by atoms with Crippen molar-refractivity contribution >= 4 is 38.6 Å². The van der Waals surface area contributed by atoms with Crippen molar-refractivity contribution in [3.63, 3.8) is 0 Å². The first-order valence-electron chi connectivity index (χ1n) is 22.2. The highest BCUT2D eigenvalue weighted by Crippen LogP contribution is 2.57. The van der Waals surface area contributed by atoms with E-state index in [1.165, 1.54) is 88.3 Å². The van der Waals surface area contributed by atoms with Crippen molar-refractivity contribution in [2.45, 2.75) is 5.41 Å². The number of fused-ring (bicyclic) bond motifs is 5. The Hall–Kier alpha value is -8.26. The molecular weight excluding hydrogens is 771 g/mol. The summed E-state index contributed by atoms with van der Waals surface area (Å²) in [4.78, 5) is 2.42. The molecule has 0 fully saturated rings. The third kappa shape index (κ3) is 6.16. The molecule has 1 nitrogen and oxygen atoms in total. The molecule has 300 valence electrons. The summed E-state index contributed by atoms with van der Waals surface area (Å²) in [6.07, 6.45) is 0. The van der Waals surface area contributed by atoms with Gasteiger partial charge in [0.05, 0.1) is 5.41 Å². The van der Waals surface area contributed by atoms with Gasteiger partial charge in [-0.15, -0.1) is 0 Å². The van der Waals surface area contributed by atoms with Crippen molar-refractivity contribution in [2.24, 2.45) is 0 Å². The first-order valence-corrected chi connectivity index (χ1v) is 22.2. The van der Waals surface area contributed by atoms with Crippen LogP contribution < -0.4 is 4.90 Å². The molecule has 0 aliphatic heterocycles. The van der Waals surface area contributed by atoms with Crippen LogP contribution in [0.1, 0.15) is 22.3 Å². The van der Waals surface area contributed by atoms with Gasteiger partial charge in [-0.05, 0) is 131 Å². The molecule has 11 aromatic rings. The zero-order valence-corrected chi connectivity index (χ0v) is 35.3. The molecule has 1 aliphatic carbocycles. The summed E-state index contributed by atoms with van der Waals surface area (Å²) >= 11 is 0. The van der Waals surface area contributed by atoms with Gasteiger partial charge in [-0.2, -0.15) is 0 Å². The van der Waals surface area contributed by atoms with Crippen molar-refractivity contribution in [3.8, 4) is 44.5 Å². The third-order valence-corrected chi connectivity index (χ3v) is 13.4. The average molecular weight is 814 g/mol. The lowest BCUT2D eigenvalue weighted by Crippen LogP contribution is -2.28. The topological polar surface area (TPSA) is 3.24 Å². The number of nitrogens with zero attached hydrogens (tertiary/aromatic N) is 1. The molecule has 0 spiro atoms. The van der Waals surface area contributed by atoms with E-state index in [9.17, 15) is 0 Å². The second kappa shape index (κ2) is 15.6. The Morgan fingerprint density at radius 1 is 0.250 bits per heavy atom. The molecule has 0 amide bonds. The van der Waals surface area contributed by atoms with E-state index in [-0.39, 0.29) is 0 Å². The molecule has 0 aromatic heterocycles. The number of hydrogen-bond donors (Lipinski definition) is 0. The fourth-order valence-electron chi connectivity index (χ4n) is 10.4. The molecule has 0 bridgehead atoms. The van der Waals surface area contributed by atoms with E-state index in [2.05, 4.69) is 266 Å². The van der Waals surface area contributed by atoms with Crippen molar-refractivity contribution < 1.29 is 0 Å². The fraction of sp³-hybridized carbons (Fsp3) is 0.0159. The van der Waals surface area contributed by atoms with Crippen LogP contribution >= 0.6 is 0 Å². The molecule has 1 heteroatoms. The molecule has 0 unspecified atom stereocenters. The third-order valence-electron chi connectivity index (χ3n) is 13.4. The number of rotatable bonds is 8. The standard InChI is InChI=1S/C63H43N/c1-4-16-45(17-5-1)56-28-15-20-49-42-48(34-40-58(49)56)44-30-35-52(36-31-44)64(53-37-32-47(33-38-53)57-27-14-19-46-18-10-11-25-55(46)57)54-39-41-60-59-26-12-13-29-61(59)63(62(60)43-54,50-21-6-2-7-22-50)51-23-8-3-9-24-51/h1-43H. The Morgan fingerprint density at radius 2 is 0.719 bits per heavy atom. The largest absolute Gasteiger partial charge is 0.310 e. The predicted molar refractivity (Wildman–Crippen MR) is 270 cm³/mol. The fourth-order valence-corrected chi connectivity index (χ4v) is 10.4. The number of benzene rings is 11. The van der Waals surface area contributed by atoms with Gasteiger partial charge in [-0.1, -0.05) is 218 Å². The summed E-state index contributed by atoms with van der Waals surface area (Å²) in [7, 11) is 0. The molecule has 0 radical (unpaired) electrons. The van der Waals surface area contributed by atoms with Gasteiger partial charge in [0, 0.05) is 17.1 Å². The van der Waals surface area contributed by atoms with Crippen LogP contribution in [-0.2, 0) is 5.41 Å². The van der Waals surface area contributed by atoms with Crippen LogP contribution in [0, 0.1) is 0 Å². The maximum Gasteiger partial charge on any atom is 0.0714 e. The maximum atomic E-state index is 2.45. The SMILES string of the molecule is c1ccc(-c2cccc3cc(-c4ccc(N(c5ccc(-c6cccc7ccccc67)cc5)c5ccc6c(c5)C(c5ccccc5)(c5ccccc5)c5ccccc5-6)cc4)ccc23)cc1. The highest BCUT2D eigenvalue weighted by Gasteiger charge is 2.46. The van der Waals surface area contributed by atoms with Gasteiger partial charge in [0.2, 0.25) is 0 Å². The van der Waals surface area contributed by atoms with Gasteiger partial charge in [0.25, 0.3) is 0 Å². The van der Waals surface area contributed by atoms with Gasteiger partial charge in [0.15, 0.2) is 0 Å². The molecule has 1 aliphatic rings. The van der Waals surface area contributed by atoms with Gasteiger partial charge in [0.1, 0.15) is 0 Å². The van der Waals surface area contributed by atoms with Crippen LogP contribution in [-0.4, -0.2) is 0 Å². The van der Waals surface area contributed by atoms with Gasteiger partial charge in [-0.25, -0.2) is 0 Å². The highest BCUT2D eigenvalue weighted by molar-refractivity contribution is 5.99. The van der Waals surface area contributed by atoms with E-state index < -0.39 is 5.41 Å². The van der Waals surface area contributed by atoms with E-state index in [1.54, 1.807) is 0 Å². The predicted octanol–water partition coefficient (Wildman–Crippen LogP) is 16.8. The Bertz CT molecular complexity index is 3420. The van der Waals surface area contributed by atoms with E-state index in [0.717, 1.165) is 17.1 Å². The first-order chi connectivity index (χ1) is 31.7. The van der Waals surface area contributed by atoms with E-state index in [1.807, 2.05) is 0 Å². The zero-order valence-electron chi connectivity index (χ0n) is 35.3. The van der Waals surface area contributed by atoms with Crippen LogP contribution in [0.25, 0.3) is 66.1 Å². The summed E-state index contributed by atoms with van der Waals surface area (Å²) in [5.74, 6) is 0. The molecule has 12 rings (SSSR count). The van der Waals surface area contributed by atoms with Crippen LogP contribution in [0.2, 0.25) is 0 Å². The van der Waals surface area contributed by atoms with E-state index in [4.69, 9.17) is 0 Å². The Balaban J connectivity index is 1.01. The van der Waals surface area contributed by atoms with Crippen LogP contribution in [0.4, 0.5) is 17.1 Å². The molecule has 0 heterocycles. The Kier molecular flexibility index (Phi) is 9.13. The van der Waals surface area contributed by atoms with Crippen LogP contribution in [0.5, 0.6) is 0 Å². The molecule has 64 heavy (non-hydrogen) atoms. The molecule has 11 aromatic carbocycles. The maximum absolute atomic E-state index is 2.45. The van der Waals surface area contributed by atoms with E-state index >= 15 is 0 Å². The lowest BCUT2D eigenvalue weighted by atomic mass is 9.67. The molecule has 0 saturated heterocycles. The first kappa shape index (κ1) is 37.5. The van der Waals surface area contributed by atoms with Crippen LogP contribution in [0.15, 0.2) is 261 Å². The number of anilines is 3. The number of hydrogen-bond acceptors (Lipinski definition) is 1. The summed E-state index contributed by atoms with van der Waals surface area (Å²) in [6.45, 7) is 0. The van der Waals surface area contributed by atoms with Gasteiger partial charge in [-0.3, -0.25) is 0 Å². The molecule has 0 N–H and O–H groups in total. The minimum absolute atomic E-state index is 0.505. The summed E-state index contributed by atoms with van der Waals surface area (Å²) in [5, 5.41) is 4.99. The minimum atomic E-state index is -0.505. The summed E-state index contributed by atoms with van der Waals surface area (Å²) < 4.78 is 0. The second-order valence-electron chi connectivity index (χ2n) is 16.8. The lowest BCUT2D eigenvalue weighted by Gasteiger charge is -2.35. The summed E-state index contributed by atoms with van der Waals surface area (Å²) in [5.41, 5.74) is 17.7. The van der Waals surface area contributed by atoms with Crippen molar-refractivity contribution in [1.82, 2.24) is 0 Å². The minimum Gasteiger partial charge on any atom is -0.310 e. The molecular formula is C63H43N. The quantitative estimate of drug-likeness (QED) is 0.148. The van der Waals surface area contributed by atoms with Crippen molar-refractivity contribution in [1.29, 1.82) is 0 Å². The second-order valence-corrected chi connectivity index (χ2v) is 16.8. The summed E-state index contributed by atoms with van der Waals surface area (Å²) in [6, 6.07) is 95.8. The van der Waals surface area contributed by atoms with Gasteiger partial charge >= 0.3 is 0 Å². The molecule has 0 atom stereocenters. The highest BCUT2D eigenvalue weighted by atomic mass is 15.1. The van der Waals surface area contributed by atoms with Crippen molar-refractivity contribution in [2.75, 3.05) is 4.90 Å². The lowest BCUT2D eigenvalue weighted by molar-refractivity contribution is 0.768. The van der Waals surface area contributed by atoms with Crippen molar-refractivity contribution in [3.05, 3.63) is 283 Å². The van der Waals surface area contributed by atoms with Gasteiger partial charge < -0.3 is 4.90 Å². The van der Waals surface area contributed by atoms with E-state index in [0.29, 0.717) is 0 Å². The Labute approximate surface area is 374 Å². The average Bonchev–Trinajstić information content (AvgIpc) is 3.67. The normalized spacial score (nSPS) is 12.5. The smallest absolute Gasteiger partial charge is 0.0714 e. The zero-order chi connectivity index (χ0) is 42.5. The monoisotopic (exact) mass is 813 g/mol. The molecule has 0 saturated carbocycles. The van der Waals surface area contributed by atoms with Crippen LogP contribution in [0.3, 0.4) is 0 Å². The Morgan fingerprint density at radius 3 is 1.41 bits per heavy atom.